The molecule has 0 bridgehead atoms. The smallest absolute Gasteiger partial charge is 0.160 e. The zero-order valence-corrected chi connectivity index (χ0v) is 9.60. The van der Waals surface area contributed by atoms with Crippen LogP contribution in [-0.4, -0.2) is 10.7 Å². The zero-order valence-electron chi connectivity index (χ0n) is 7.16. The maximum atomic E-state index is 4.19. The Balaban J connectivity index is 1.96. The van der Waals surface area contributed by atoms with Crippen LogP contribution in [0.2, 0.25) is 0 Å². The topological polar surface area (TPSA) is 12.9 Å². The Kier molecular flexibility index (Phi) is 5.90. The van der Waals surface area contributed by atoms with Crippen molar-refractivity contribution in [3.63, 3.8) is 0 Å². The molecule has 0 aliphatic carbocycles. The molecule has 0 saturated carbocycles. The Hall–Kier alpha value is 0.330. The molecule has 0 saturated heterocycles. The third kappa shape index (κ3) is 4.38. The first-order valence-corrected chi connectivity index (χ1v) is 7.32. The molecule has 1 rings (SSSR count). The fourth-order valence-electron chi connectivity index (χ4n) is 0.755. The van der Waals surface area contributed by atoms with Crippen LogP contribution in [0.4, 0.5) is 0 Å². The van der Waals surface area contributed by atoms with Crippen molar-refractivity contribution >= 4 is 32.9 Å². The molecule has 0 aliphatic heterocycles. The third-order valence-corrected chi connectivity index (χ3v) is 4.94. The molecule has 0 atom stereocenters. The van der Waals surface area contributed by atoms with Gasteiger partial charge in [0.2, 0.25) is 0 Å². The molecular weight excluding hydrogens is 206 g/mol. The molecule has 1 aromatic heterocycles. The fourth-order valence-corrected chi connectivity index (χ4v) is 3.87. The number of rotatable bonds is 6. The van der Waals surface area contributed by atoms with Gasteiger partial charge >= 0.3 is 0 Å². The summed E-state index contributed by atoms with van der Waals surface area (Å²) in [6, 6.07) is 0. The number of thiazole rings is 1. The van der Waals surface area contributed by atoms with E-state index in [0.29, 0.717) is 0 Å². The van der Waals surface area contributed by atoms with Gasteiger partial charge in [-0.2, -0.15) is 0 Å². The van der Waals surface area contributed by atoms with Crippen molar-refractivity contribution in [2.45, 2.75) is 30.5 Å². The molecule has 4 heteroatoms. The van der Waals surface area contributed by atoms with E-state index in [2.05, 4.69) is 11.9 Å². The van der Waals surface area contributed by atoms with Crippen molar-refractivity contribution in [2.24, 2.45) is 0 Å². The van der Waals surface area contributed by atoms with Gasteiger partial charge in [-0.15, -0.1) is 11.3 Å². The molecule has 0 fully saturated rings. The van der Waals surface area contributed by atoms with Gasteiger partial charge in [0.25, 0.3) is 0 Å². The van der Waals surface area contributed by atoms with Crippen molar-refractivity contribution in [1.29, 1.82) is 0 Å². The number of hydrogen-bond donors (Lipinski definition) is 0. The quantitative estimate of drug-likeness (QED) is 0.529. The van der Waals surface area contributed by atoms with Crippen LogP contribution in [0.5, 0.6) is 0 Å². The number of aromatic nitrogens is 1. The molecule has 12 heavy (non-hydrogen) atoms. The second-order valence-corrected chi connectivity index (χ2v) is 5.97. The maximum Gasteiger partial charge on any atom is 0.160 e. The van der Waals surface area contributed by atoms with Crippen molar-refractivity contribution < 1.29 is 0 Å². The minimum absolute atomic E-state index is 1.18. The highest BCUT2D eigenvalue weighted by Gasteiger charge is 1.95. The molecule has 1 heterocycles. The van der Waals surface area contributed by atoms with Crippen molar-refractivity contribution in [3.05, 3.63) is 11.6 Å². The second-order valence-electron chi connectivity index (χ2n) is 2.41. The lowest BCUT2D eigenvalue weighted by Gasteiger charge is -1.95. The van der Waals surface area contributed by atoms with Crippen molar-refractivity contribution in [3.8, 4) is 0 Å². The highest BCUT2D eigenvalue weighted by atomic mass is 33.1. The van der Waals surface area contributed by atoms with E-state index < -0.39 is 0 Å². The number of nitrogens with zero attached hydrogens (tertiary/aromatic N) is 1. The zero-order chi connectivity index (χ0) is 8.65. The molecular formula is C8H13NS3. The summed E-state index contributed by atoms with van der Waals surface area (Å²) in [6.45, 7) is 2.23. The maximum absolute atomic E-state index is 4.19. The number of unbranched alkanes of at least 4 members (excludes halogenated alkanes) is 2. The summed E-state index contributed by atoms with van der Waals surface area (Å²) >= 11 is 1.72. The van der Waals surface area contributed by atoms with Crippen LogP contribution in [0, 0.1) is 0 Å². The van der Waals surface area contributed by atoms with E-state index in [1.165, 1.54) is 29.4 Å². The van der Waals surface area contributed by atoms with E-state index in [1.54, 1.807) is 22.1 Å². The average Bonchev–Trinajstić information content (AvgIpc) is 2.57. The van der Waals surface area contributed by atoms with Crippen LogP contribution in [-0.2, 0) is 0 Å². The Morgan fingerprint density at radius 1 is 1.50 bits per heavy atom. The second kappa shape index (κ2) is 6.80. The average molecular weight is 219 g/mol. The SMILES string of the molecule is CCCCCSSc1nccs1. The lowest BCUT2D eigenvalue weighted by molar-refractivity contribution is 0.779. The highest BCUT2D eigenvalue weighted by molar-refractivity contribution is 8.77. The summed E-state index contributed by atoms with van der Waals surface area (Å²) in [6.07, 6.45) is 5.85. The van der Waals surface area contributed by atoms with E-state index in [1.807, 2.05) is 22.4 Å². The van der Waals surface area contributed by atoms with Gasteiger partial charge < -0.3 is 0 Å². The highest BCUT2D eigenvalue weighted by Crippen LogP contribution is 2.32. The van der Waals surface area contributed by atoms with Crippen LogP contribution in [0.15, 0.2) is 15.9 Å². The first-order chi connectivity index (χ1) is 5.93. The van der Waals surface area contributed by atoms with Crippen LogP contribution < -0.4 is 0 Å². The lowest BCUT2D eigenvalue weighted by Crippen LogP contribution is -1.75. The van der Waals surface area contributed by atoms with Crippen LogP contribution in [0.1, 0.15) is 26.2 Å². The molecule has 0 aromatic carbocycles. The molecule has 0 unspecified atom stereocenters. The molecule has 0 N–H and O–H groups in total. The normalized spacial score (nSPS) is 10.4. The largest absolute Gasteiger partial charge is 0.237 e. The summed E-state index contributed by atoms with van der Waals surface area (Å²) in [7, 11) is 3.72. The van der Waals surface area contributed by atoms with Crippen LogP contribution >= 0.6 is 32.9 Å². The first kappa shape index (κ1) is 10.4. The standard InChI is InChI=1S/C8H13NS3/c1-2-3-4-6-11-12-8-9-5-7-10-8/h5,7H,2-4,6H2,1H3. The molecule has 0 aliphatic rings. The summed E-state index contributed by atoms with van der Waals surface area (Å²) < 4.78 is 1.18. The van der Waals surface area contributed by atoms with Crippen molar-refractivity contribution in [2.75, 3.05) is 5.75 Å². The predicted octanol–water partition coefficient (Wildman–Crippen LogP) is 4.07. The van der Waals surface area contributed by atoms with Gasteiger partial charge in [-0.25, -0.2) is 4.98 Å². The minimum atomic E-state index is 1.18. The minimum Gasteiger partial charge on any atom is -0.237 e. The van der Waals surface area contributed by atoms with Gasteiger partial charge in [-0.3, -0.25) is 0 Å². The van der Waals surface area contributed by atoms with Crippen molar-refractivity contribution in [1.82, 2.24) is 4.98 Å². The fraction of sp³-hybridized carbons (Fsp3) is 0.625. The summed E-state index contributed by atoms with van der Waals surface area (Å²) in [4.78, 5) is 4.19. The van der Waals surface area contributed by atoms with E-state index in [9.17, 15) is 0 Å². The molecule has 68 valence electrons. The summed E-state index contributed by atoms with van der Waals surface area (Å²) in [5.41, 5.74) is 0. The lowest BCUT2D eigenvalue weighted by atomic mass is 10.3. The van der Waals surface area contributed by atoms with Crippen LogP contribution in [0.25, 0.3) is 0 Å². The van der Waals surface area contributed by atoms with E-state index >= 15 is 0 Å². The first-order valence-electron chi connectivity index (χ1n) is 4.12. The van der Waals surface area contributed by atoms with Crippen LogP contribution in [0.3, 0.4) is 0 Å². The molecule has 0 radical (unpaired) electrons. The van der Waals surface area contributed by atoms with Gasteiger partial charge in [0.1, 0.15) is 0 Å². The summed E-state index contributed by atoms with van der Waals surface area (Å²) in [5, 5.41) is 2.02. The monoisotopic (exact) mass is 219 g/mol. The van der Waals surface area contributed by atoms with E-state index in [4.69, 9.17) is 0 Å². The Bertz CT molecular complexity index is 186. The van der Waals surface area contributed by atoms with Gasteiger partial charge in [0.05, 0.1) is 0 Å². The van der Waals surface area contributed by atoms with Gasteiger partial charge in [-0.1, -0.05) is 30.6 Å². The summed E-state index contributed by atoms with van der Waals surface area (Å²) in [5.74, 6) is 1.25. The van der Waals surface area contributed by atoms with E-state index in [0.717, 1.165) is 0 Å². The van der Waals surface area contributed by atoms with Gasteiger partial charge in [-0.05, 0) is 17.2 Å². The molecule has 1 nitrogen and oxygen atoms in total. The molecule has 0 amide bonds. The Morgan fingerprint density at radius 3 is 3.08 bits per heavy atom. The molecule has 1 aromatic rings. The Morgan fingerprint density at radius 2 is 2.42 bits per heavy atom. The van der Waals surface area contributed by atoms with Gasteiger partial charge in [0, 0.05) is 17.3 Å². The third-order valence-electron chi connectivity index (χ3n) is 1.37. The molecule has 0 spiro atoms. The number of hydrogen-bond acceptors (Lipinski definition) is 4. The predicted molar refractivity (Wildman–Crippen MR) is 60.0 cm³/mol. The Labute approximate surface area is 85.8 Å². The van der Waals surface area contributed by atoms with E-state index in [-0.39, 0.29) is 0 Å². The van der Waals surface area contributed by atoms with Gasteiger partial charge in [0.15, 0.2) is 4.34 Å².